The number of benzene rings is 2. The molecule has 3 aromatic rings. The van der Waals surface area contributed by atoms with Gasteiger partial charge in [0.1, 0.15) is 0 Å². The molecule has 2 aromatic carbocycles. The number of rotatable bonds is 2. The maximum atomic E-state index is 12.8. The molecule has 0 atom stereocenters. The molecular weight excluding hydrogens is 388 g/mol. The van der Waals surface area contributed by atoms with Crippen molar-refractivity contribution < 1.29 is 0 Å². The van der Waals surface area contributed by atoms with Crippen molar-refractivity contribution in [3.05, 3.63) is 75.0 Å². The second-order valence-electron chi connectivity index (χ2n) is 5.16. The quantitative estimate of drug-likeness (QED) is 0.663. The molecule has 0 saturated carbocycles. The van der Waals surface area contributed by atoms with Crippen LogP contribution in [-0.4, -0.2) is 26.3 Å². The zero-order valence-corrected chi connectivity index (χ0v) is 14.8. The van der Waals surface area contributed by atoms with Crippen LogP contribution in [0.25, 0.3) is 11.3 Å². The Morgan fingerprint density at radius 2 is 1.71 bits per heavy atom. The Bertz CT molecular complexity index is 984. The van der Waals surface area contributed by atoms with Gasteiger partial charge in [0.25, 0.3) is 0 Å². The van der Waals surface area contributed by atoms with Gasteiger partial charge in [-0.05, 0) is 17.7 Å². The molecule has 0 amide bonds. The van der Waals surface area contributed by atoms with E-state index in [1.807, 2.05) is 54.6 Å². The summed E-state index contributed by atoms with van der Waals surface area (Å²) in [4.78, 5) is 12.8. The summed E-state index contributed by atoms with van der Waals surface area (Å²) in [5.41, 5.74) is 2.62. The number of aromatic nitrogens is 3. The number of halogens is 1. The van der Waals surface area contributed by atoms with Gasteiger partial charge < -0.3 is 0 Å². The second kappa shape index (κ2) is 6.33. The molecule has 1 aliphatic rings. The summed E-state index contributed by atoms with van der Waals surface area (Å²) in [5.74, 6) is 0.653. The van der Waals surface area contributed by atoms with E-state index in [1.165, 1.54) is 16.4 Å². The molecule has 0 saturated heterocycles. The zero-order chi connectivity index (χ0) is 16.5. The fraction of sp³-hybridized carbons (Fsp3) is 0.0588. The van der Waals surface area contributed by atoms with Crippen LogP contribution in [0.15, 0.2) is 74.1 Å². The average Bonchev–Trinajstić information content (AvgIpc) is 2.63. The molecule has 5 nitrogen and oxygen atoms in total. The van der Waals surface area contributed by atoms with Gasteiger partial charge in [-0.25, -0.2) is 0 Å². The topological polar surface area (TPSA) is 60.1 Å². The first-order valence-electron chi connectivity index (χ1n) is 7.24. The van der Waals surface area contributed by atoms with Gasteiger partial charge >= 0.3 is 5.56 Å². The largest absolute Gasteiger partial charge is 0.301 e. The summed E-state index contributed by atoms with van der Waals surface area (Å²) in [5, 5.41) is 13.3. The lowest BCUT2D eigenvalue weighted by Gasteiger charge is -2.15. The lowest BCUT2D eigenvalue weighted by molar-refractivity contribution is 0.645. The molecule has 1 aliphatic heterocycles. The van der Waals surface area contributed by atoms with Gasteiger partial charge in [-0.15, -0.1) is 10.2 Å². The monoisotopic (exact) mass is 398 g/mol. The van der Waals surface area contributed by atoms with Crippen LogP contribution in [0.1, 0.15) is 5.56 Å². The molecule has 7 heteroatoms. The molecule has 0 radical (unpaired) electrons. The van der Waals surface area contributed by atoms with E-state index in [1.54, 1.807) is 0 Å². The van der Waals surface area contributed by atoms with E-state index < -0.39 is 0 Å². The fourth-order valence-electron chi connectivity index (χ4n) is 2.39. The molecule has 0 bridgehead atoms. The average molecular weight is 399 g/mol. The Hall–Kier alpha value is -2.25. The van der Waals surface area contributed by atoms with E-state index in [4.69, 9.17) is 0 Å². The molecule has 118 valence electrons. The Kier molecular flexibility index (Phi) is 4.03. The number of hydrogen-bond acceptors (Lipinski definition) is 5. The van der Waals surface area contributed by atoms with Gasteiger partial charge in [0.2, 0.25) is 5.16 Å². The van der Waals surface area contributed by atoms with Crippen LogP contribution in [0, 0.1) is 0 Å². The Labute approximate surface area is 150 Å². The molecule has 1 aromatic heterocycles. The maximum Gasteiger partial charge on any atom is 0.301 e. The molecule has 24 heavy (non-hydrogen) atoms. The lowest BCUT2D eigenvalue weighted by atomic mass is 10.1. The van der Waals surface area contributed by atoms with Gasteiger partial charge in [-0.3, -0.25) is 4.79 Å². The van der Waals surface area contributed by atoms with Gasteiger partial charge in [0, 0.05) is 15.8 Å². The van der Waals surface area contributed by atoms with E-state index >= 15 is 0 Å². The Morgan fingerprint density at radius 1 is 0.958 bits per heavy atom. The van der Waals surface area contributed by atoms with Crippen LogP contribution in [0.3, 0.4) is 0 Å². The number of nitrogens with zero attached hydrogens (tertiary/aromatic N) is 4. The molecule has 0 fully saturated rings. The molecule has 4 rings (SSSR count). The van der Waals surface area contributed by atoms with Crippen LogP contribution >= 0.6 is 27.7 Å². The smallest absolute Gasteiger partial charge is 0.265 e. The summed E-state index contributed by atoms with van der Waals surface area (Å²) in [6.45, 7) is 0. The molecular formula is C17H11BrN4OS. The van der Waals surface area contributed by atoms with Crippen molar-refractivity contribution in [2.45, 2.75) is 5.16 Å². The standard InChI is InChI=1S/C17H11BrN4OS/c18-13-8-6-11(7-9-13)14-10-24-17-20-19-15(16(23)22(17)21-14)12-4-2-1-3-5-12/h1-9H,10H2. The third-order valence-corrected chi connectivity index (χ3v) is 5.05. The summed E-state index contributed by atoms with van der Waals surface area (Å²) < 4.78 is 2.35. The van der Waals surface area contributed by atoms with E-state index in [0.29, 0.717) is 16.6 Å². The van der Waals surface area contributed by atoms with Gasteiger partial charge in [0.05, 0.1) is 5.71 Å². The van der Waals surface area contributed by atoms with Crippen molar-refractivity contribution in [1.29, 1.82) is 0 Å². The summed E-state index contributed by atoms with van der Waals surface area (Å²) >= 11 is 4.88. The molecule has 2 heterocycles. The highest BCUT2D eigenvalue weighted by molar-refractivity contribution is 9.10. The zero-order valence-electron chi connectivity index (χ0n) is 12.4. The highest BCUT2D eigenvalue weighted by Crippen LogP contribution is 2.23. The third-order valence-electron chi connectivity index (χ3n) is 3.60. The predicted octanol–water partition coefficient (Wildman–Crippen LogP) is 3.43. The van der Waals surface area contributed by atoms with Crippen molar-refractivity contribution in [3.8, 4) is 11.3 Å². The van der Waals surface area contributed by atoms with Gasteiger partial charge in [-0.2, -0.15) is 9.78 Å². The lowest BCUT2D eigenvalue weighted by Crippen LogP contribution is -2.28. The first kappa shape index (κ1) is 15.3. The second-order valence-corrected chi connectivity index (χ2v) is 7.01. The minimum absolute atomic E-state index is 0.256. The highest BCUT2D eigenvalue weighted by Gasteiger charge is 2.20. The van der Waals surface area contributed by atoms with E-state index in [0.717, 1.165) is 21.3 Å². The fourth-order valence-corrected chi connectivity index (χ4v) is 3.49. The summed E-state index contributed by atoms with van der Waals surface area (Å²) in [7, 11) is 0. The van der Waals surface area contributed by atoms with Crippen molar-refractivity contribution in [3.63, 3.8) is 0 Å². The summed E-state index contributed by atoms with van der Waals surface area (Å²) in [6, 6.07) is 17.2. The van der Waals surface area contributed by atoms with Gasteiger partial charge in [0.15, 0.2) is 5.69 Å². The Balaban J connectivity index is 1.83. The number of thioether (sulfide) groups is 1. The normalized spacial score (nSPS) is 13.3. The number of fused-ring (bicyclic) bond motifs is 1. The van der Waals surface area contributed by atoms with Crippen molar-refractivity contribution in [1.82, 2.24) is 14.9 Å². The third kappa shape index (κ3) is 2.81. The van der Waals surface area contributed by atoms with Crippen LogP contribution in [0.5, 0.6) is 0 Å². The summed E-state index contributed by atoms with van der Waals surface area (Å²) in [6.07, 6.45) is 0. The minimum atomic E-state index is -0.256. The van der Waals surface area contributed by atoms with E-state index in [-0.39, 0.29) is 5.56 Å². The van der Waals surface area contributed by atoms with Crippen LogP contribution in [0.2, 0.25) is 0 Å². The molecule has 0 aliphatic carbocycles. The van der Waals surface area contributed by atoms with Crippen molar-refractivity contribution in [2.75, 3.05) is 5.75 Å². The first-order chi connectivity index (χ1) is 11.7. The molecule has 0 unspecified atom stereocenters. The molecule has 0 spiro atoms. The Morgan fingerprint density at radius 3 is 2.46 bits per heavy atom. The van der Waals surface area contributed by atoms with Crippen LogP contribution in [-0.2, 0) is 0 Å². The van der Waals surface area contributed by atoms with Crippen molar-refractivity contribution in [2.24, 2.45) is 5.10 Å². The maximum absolute atomic E-state index is 12.8. The predicted molar refractivity (Wildman–Crippen MR) is 98.5 cm³/mol. The minimum Gasteiger partial charge on any atom is -0.265 e. The van der Waals surface area contributed by atoms with E-state index in [9.17, 15) is 4.79 Å². The SMILES string of the molecule is O=c1c(-c2ccccc2)nnc2n1N=C(c1ccc(Br)cc1)CS2. The van der Waals surface area contributed by atoms with Crippen LogP contribution in [0.4, 0.5) is 0 Å². The first-order valence-corrected chi connectivity index (χ1v) is 9.02. The highest BCUT2D eigenvalue weighted by atomic mass is 79.9. The van der Waals surface area contributed by atoms with Crippen LogP contribution < -0.4 is 5.56 Å². The number of hydrogen-bond donors (Lipinski definition) is 0. The van der Waals surface area contributed by atoms with Gasteiger partial charge in [-0.1, -0.05) is 70.2 Å². The van der Waals surface area contributed by atoms with E-state index in [2.05, 4.69) is 31.2 Å². The molecule has 0 N–H and O–H groups in total. The van der Waals surface area contributed by atoms with Crippen molar-refractivity contribution >= 4 is 33.4 Å².